The standard InChI is InChI=1S/C31H45NO7/c1-21(2)10-8-13-30(6)24-17-31(14-9-15-32(19-31)28(34)39-29(3,4)5)20-37-27(24)23-12-11-22(16-25(23)38-30)36-18-26(33)35-7/h10-12,16,24,27H,8-9,13-15,17-20H2,1-7H3/t24-,27+,30+,31-/m0/s1. The van der Waals surface area contributed by atoms with Crippen LogP contribution in [0.1, 0.15) is 85.3 Å². The fourth-order valence-electron chi connectivity index (χ4n) is 6.17. The van der Waals surface area contributed by atoms with Crippen LogP contribution in [0.25, 0.3) is 0 Å². The number of carbonyl (C=O) groups is 2. The Morgan fingerprint density at radius 2 is 2.00 bits per heavy atom. The number of amides is 1. The molecule has 4 rings (SSSR count). The lowest BCUT2D eigenvalue weighted by Crippen LogP contribution is -2.57. The summed E-state index contributed by atoms with van der Waals surface area (Å²) in [5, 5.41) is 0. The summed E-state index contributed by atoms with van der Waals surface area (Å²) in [6.45, 7) is 13.9. The zero-order valence-corrected chi connectivity index (χ0v) is 24.6. The van der Waals surface area contributed by atoms with E-state index in [0.717, 1.165) is 43.4 Å². The average molecular weight is 544 g/mol. The third-order valence-corrected chi connectivity index (χ3v) is 8.10. The van der Waals surface area contributed by atoms with Crippen molar-refractivity contribution in [1.82, 2.24) is 4.90 Å². The summed E-state index contributed by atoms with van der Waals surface area (Å²) >= 11 is 0. The normalized spacial score (nSPS) is 28.0. The minimum absolute atomic E-state index is 0.115. The van der Waals surface area contributed by atoms with Gasteiger partial charge in [0.25, 0.3) is 0 Å². The van der Waals surface area contributed by atoms with Gasteiger partial charge >= 0.3 is 12.1 Å². The van der Waals surface area contributed by atoms with Crippen LogP contribution in [0.2, 0.25) is 0 Å². The van der Waals surface area contributed by atoms with Crippen molar-refractivity contribution in [2.24, 2.45) is 11.3 Å². The Hall–Kier alpha value is -2.74. The van der Waals surface area contributed by atoms with Crippen molar-refractivity contribution in [1.29, 1.82) is 0 Å². The number of likely N-dealkylation sites (tertiary alicyclic amines) is 1. The molecule has 1 amide bonds. The smallest absolute Gasteiger partial charge is 0.410 e. The minimum atomic E-state index is -0.528. The van der Waals surface area contributed by atoms with Crippen LogP contribution in [0, 0.1) is 11.3 Å². The van der Waals surface area contributed by atoms with E-state index in [1.807, 2.05) is 43.9 Å². The molecule has 0 saturated carbocycles. The summed E-state index contributed by atoms with van der Waals surface area (Å²) in [7, 11) is 1.34. The fraction of sp³-hybridized carbons (Fsp3) is 0.677. The Balaban J connectivity index is 1.60. The SMILES string of the molecule is COC(=O)COc1ccc2c(c1)O[C@](C)(CCC=C(C)C)[C@H]1C[C@]3(CCCN(C(=O)OC(C)(C)C)C3)CO[C@H]21. The van der Waals surface area contributed by atoms with Gasteiger partial charge in [0.05, 0.1) is 19.8 Å². The second-order valence-electron chi connectivity index (χ2n) is 12.8. The number of piperidine rings is 1. The van der Waals surface area contributed by atoms with Crippen molar-refractivity contribution in [2.75, 3.05) is 33.4 Å². The van der Waals surface area contributed by atoms with E-state index in [1.54, 1.807) is 0 Å². The molecule has 0 radical (unpaired) electrons. The van der Waals surface area contributed by atoms with Crippen LogP contribution in [-0.2, 0) is 19.0 Å². The van der Waals surface area contributed by atoms with Gasteiger partial charge in [-0.05, 0) is 85.8 Å². The summed E-state index contributed by atoms with van der Waals surface area (Å²) in [6, 6.07) is 5.69. The first kappa shape index (κ1) is 29.2. The van der Waals surface area contributed by atoms with Crippen LogP contribution in [0.3, 0.4) is 0 Å². The number of fused-ring (bicyclic) bond motifs is 3. The maximum Gasteiger partial charge on any atom is 0.410 e. The number of ether oxygens (including phenoxy) is 5. The molecule has 0 unspecified atom stereocenters. The number of hydrogen-bond acceptors (Lipinski definition) is 7. The molecule has 0 N–H and O–H groups in total. The zero-order valence-electron chi connectivity index (χ0n) is 24.6. The van der Waals surface area contributed by atoms with Gasteiger partial charge in [-0.25, -0.2) is 9.59 Å². The van der Waals surface area contributed by atoms with Crippen molar-refractivity contribution in [3.05, 3.63) is 35.4 Å². The first-order valence-electron chi connectivity index (χ1n) is 14.1. The van der Waals surface area contributed by atoms with Crippen molar-refractivity contribution in [3.8, 4) is 11.5 Å². The van der Waals surface area contributed by atoms with Gasteiger partial charge in [-0.2, -0.15) is 0 Å². The number of carbonyl (C=O) groups excluding carboxylic acids is 2. The monoisotopic (exact) mass is 543 g/mol. The predicted molar refractivity (Wildman–Crippen MR) is 148 cm³/mol. The van der Waals surface area contributed by atoms with Gasteiger partial charge in [-0.15, -0.1) is 0 Å². The molecular weight excluding hydrogens is 498 g/mol. The number of esters is 1. The van der Waals surface area contributed by atoms with E-state index in [4.69, 9.17) is 23.7 Å². The maximum atomic E-state index is 13.0. The predicted octanol–water partition coefficient (Wildman–Crippen LogP) is 6.23. The Morgan fingerprint density at radius 1 is 1.23 bits per heavy atom. The van der Waals surface area contributed by atoms with Crippen molar-refractivity contribution in [3.63, 3.8) is 0 Å². The molecule has 2 fully saturated rings. The van der Waals surface area contributed by atoms with E-state index in [0.29, 0.717) is 25.4 Å². The highest BCUT2D eigenvalue weighted by molar-refractivity contribution is 5.71. The van der Waals surface area contributed by atoms with Crippen LogP contribution in [0.4, 0.5) is 4.79 Å². The topological polar surface area (TPSA) is 83.5 Å². The molecule has 0 aliphatic carbocycles. The molecule has 0 bridgehead atoms. The minimum Gasteiger partial charge on any atom is -0.487 e. The second-order valence-corrected chi connectivity index (χ2v) is 12.8. The van der Waals surface area contributed by atoms with E-state index < -0.39 is 17.2 Å². The highest BCUT2D eigenvalue weighted by Crippen LogP contribution is 2.56. The molecule has 0 aromatic heterocycles. The first-order valence-corrected chi connectivity index (χ1v) is 14.1. The van der Waals surface area contributed by atoms with Crippen LogP contribution in [-0.4, -0.2) is 61.6 Å². The molecule has 4 atom stereocenters. The fourth-order valence-corrected chi connectivity index (χ4v) is 6.17. The highest BCUT2D eigenvalue weighted by atomic mass is 16.6. The molecule has 8 heteroatoms. The number of benzene rings is 1. The summed E-state index contributed by atoms with van der Waals surface area (Å²) in [5.74, 6) is 0.962. The van der Waals surface area contributed by atoms with Crippen molar-refractivity contribution >= 4 is 12.1 Å². The lowest BCUT2D eigenvalue weighted by Gasteiger charge is -2.55. The number of rotatable bonds is 6. The Morgan fingerprint density at radius 3 is 2.69 bits per heavy atom. The number of nitrogens with zero attached hydrogens (tertiary/aromatic N) is 1. The maximum absolute atomic E-state index is 13.0. The summed E-state index contributed by atoms with van der Waals surface area (Å²) in [4.78, 5) is 26.4. The summed E-state index contributed by atoms with van der Waals surface area (Å²) in [6.07, 6.45) is 6.44. The number of methoxy groups -OCH3 is 1. The second kappa shape index (κ2) is 11.4. The highest BCUT2D eigenvalue weighted by Gasteiger charge is 2.55. The van der Waals surface area contributed by atoms with Crippen molar-refractivity contribution < 1.29 is 33.3 Å². The number of hydrogen-bond donors (Lipinski definition) is 0. The average Bonchev–Trinajstić information content (AvgIpc) is 2.86. The van der Waals surface area contributed by atoms with Crippen LogP contribution in [0.15, 0.2) is 29.8 Å². The Kier molecular flexibility index (Phi) is 8.55. The van der Waals surface area contributed by atoms with Crippen LogP contribution in [0.5, 0.6) is 11.5 Å². The van der Waals surface area contributed by atoms with Crippen LogP contribution < -0.4 is 9.47 Å². The lowest BCUT2D eigenvalue weighted by atomic mass is 9.64. The first-order chi connectivity index (χ1) is 18.3. The molecule has 3 heterocycles. The van der Waals surface area contributed by atoms with Gasteiger partial charge in [0, 0.05) is 36.1 Å². The van der Waals surface area contributed by atoms with E-state index >= 15 is 0 Å². The van der Waals surface area contributed by atoms with E-state index in [9.17, 15) is 9.59 Å². The van der Waals surface area contributed by atoms with E-state index in [-0.39, 0.29) is 30.1 Å². The van der Waals surface area contributed by atoms with Crippen LogP contribution >= 0.6 is 0 Å². The quantitative estimate of drug-likeness (QED) is 0.311. The van der Waals surface area contributed by atoms with Gasteiger partial charge in [-0.1, -0.05) is 11.6 Å². The molecule has 2 saturated heterocycles. The molecule has 216 valence electrons. The molecule has 8 nitrogen and oxygen atoms in total. The molecule has 1 aromatic rings. The molecule has 1 aromatic carbocycles. The van der Waals surface area contributed by atoms with Gasteiger partial charge in [0.1, 0.15) is 22.7 Å². The Bertz CT molecular complexity index is 1090. The van der Waals surface area contributed by atoms with E-state index in [2.05, 4.69) is 26.8 Å². The third-order valence-electron chi connectivity index (χ3n) is 8.10. The van der Waals surface area contributed by atoms with Gasteiger partial charge < -0.3 is 28.6 Å². The molecule has 3 aliphatic rings. The molecule has 1 spiro atoms. The molecule has 3 aliphatic heterocycles. The lowest BCUT2D eigenvalue weighted by molar-refractivity contribution is -0.180. The van der Waals surface area contributed by atoms with E-state index in [1.165, 1.54) is 12.7 Å². The van der Waals surface area contributed by atoms with Gasteiger partial charge in [0.15, 0.2) is 6.61 Å². The van der Waals surface area contributed by atoms with Crippen molar-refractivity contribution in [2.45, 2.75) is 91.0 Å². The summed E-state index contributed by atoms with van der Waals surface area (Å²) in [5.41, 5.74) is 1.13. The number of allylic oxidation sites excluding steroid dienone is 2. The Labute approximate surface area is 232 Å². The van der Waals surface area contributed by atoms with Gasteiger partial charge in [-0.3, -0.25) is 0 Å². The third kappa shape index (κ3) is 6.89. The van der Waals surface area contributed by atoms with Gasteiger partial charge in [0.2, 0.25) is 0 Å². The largest absolute Gasteiger partial charge is 0.487 e. The molecular formula is C31H45NO7. The summed E-state index contributed by atoms with van der Waals surface area (Å²) < 4.78 is 29.6. The molecule has 39 heavy (non-hydrogen) atoms. The zero-order chi connectivity index (χ0) is 28.4.